The van der Waals surface area contributed by atoms with Crippen LogP contribution in [-0.2, 0) is 14.3 Å². The molecule has 2 aromatic carbocycles. The number of para-hydroxylation sites is 1. The molecule has 0 radical (unpaired) electrons. The molecule has 0 spiro atoms. The van der Waals surface area contributed by atoms with E-state index in [1.54, 1.807) is 13.0 Å². The number of ether oxygens (including phenoxy) is 1. The minimum absolute atomic E-state index is 0.277. The molecule has 3 aromatic rings. The van der Waals surface area contributed by atoms with Crippen LogP contribution in [0.2, 0.25) is 0 Å². The summed E-state index contributed by atoms with van der Waals surface area (Å²) in [5.41, 5.74) is 3.48. The number of carbonyl (C=O) groups excluding carboxylic acids is 3. The average Bonchev–Trinajstić information content (AvgIpc) is 3.00. The van der Waals surface area contributed by atoms with Crippen molar-refractivity contribution in [3.63, 3.8) is 0 Å². The van der Waals surface area contributed by atoms with Crippen molar-refractivity contribution < 1.29 is 19.1 Å². The smallest absolute Gasteiger partial charge is 0.341 e. The lowest BCUT2D eigenvalue weighted by atomic mass is 10.0. The van der Waals surface area contributed by atoms with Gasteiger partial charge in [-0.1, -0.05) is 48.5 Å². The second-order valence-electron chi connectivity index (χ2n) is 6.70. The Hall–Kier alpha value is -3.45. The summed E-state index contributed by atoms with van der Waals surface area (Å²) in [5, 5.41) is 5.87. The van der Waals surface area contributed by atoms with Crippen molar-refractivity contribution in [2.45, 2.75) is 20.8 Å². The third-order valence-electron chi connectivity index (χ3n) is 4.50. The Kier molecular flexibility index (Phi) is 6.64. The van der Waals surface area contributed by atoms with Crippen molar-refractivity contribution in [3.8, 4) is 11.1 Å². The molecule has 0 saturated carbocycles. The maximum absolute atomic E-state index is 12.6. The zero-order valence-corrected chi connectivity index (χ0v) is 17.8. The van der Waals surface area contributed by atoms with Gasteiger partial charge < -0.3 is 15.4 Å². The van der Waals surface area contributed by atoms with Crippen molar-refractivity contribution >= 4 is 39.8 Å². The summed E-state index contributed by atoms with van der Waals surface area (Å²) in [5.74, 6) is -1.37. The zero-order chi connectivity index (χ0) is 21.7. The van der Waals surface area contributed by atoms with Gasteiger partial charge in [0.1, 0.15) is 5.00 Å². The third kappa shape index (κ3) is 4.93. The molecule has 0 aliphatic carbocycles. The predicted molar refractivity (Wildman–Crippen MR) is 119 cm³/mol. The van der Waals surface area contributed by atoms with Gasteiger partial charge >= 0.3 is 5.97 Å². The van der Waals surface area contributed by atoms with E-state index in [0.717, 1.165) is 21.6 Å². The molecule has 3 rings (SSSR count). The molecule has 154 valence electrons. The molecular formula is C23H22N2O4S. The Balaban J connectivity index is 1.69. The Bertz CT molecular complexity index is 1090. The Labute approximate surface area is 178 Å². The van der Waals surface area contributed by atoms with Crippen LogP contribution in [0.25, 0.3) is 11.1 Å². The normalized spacial score (nSPS) is 10.4. The number of hydrogen-bond donors (Lipinski definition) is 2. The molecule has 2 N–H and O–H groups in total. The number of amides is 2. The van der Waals surface area contributed by atoms with Gasteiger partial charge in [-0.3, -0.25) is 9.59 Å². The minimum Gasteiger partial charge on any atom is -0.452 e. The molecule has 0 bridgehead atoms. The quantitative estimate of drug-likeness (QED) is 0.560. The lowest BCUT2D eigenvalue weighted by Crippen LogP contribution is -2.22. The zero-order valence-electron chi connectivity index (χ0n) is 16.9. The van der Waals surface area contributed by atoms with E-state index in [-0.39, 0.29) is 11.5 Å². The first-order valence-electron chi connectivity index (χ1n) is 9.36. The molecule has 0 atom stereocenters. The summed E-state index contributed by atoms with van der Waals surface area (Å²) < 4.78 is 5.23. The first-order valence-corrected chi connectivity index (χ1v) is 10.2. The number of carbonyl (C=O) groups is 3. The van der Waals surface area contributed by atoms with Crippen LogP contribution in [0.5, 0.6) is 0 Å². The summed E-state index contributed by atoms with van der Waals surface area (Å²) in [6, 6.07) is 17.1. The lowest BCUT2D eigenvalue weighted by Gasteiger charge is -2.12. The number of thiophene rings is 1. The van der Waals surface area contributed by atoms with Crippen LogP contribution >= 0.6 is 11.3 Å². The molecule has 0 fully saturated rings. The predicted octanol–water partition coefficient (Wildman–Crippen LogP) is 4.79. The highest BCUT2D eigenvalue weighted by Gasteiger charge is 2.22. The summed E-state index contributed by atoms with van der Waals surface area (Å²) in [4.78, 5) is 37.3. The van der Waals surface area contributed by atoms with E-state index in [4.69, 9.17) is 4.74 Å². The third-order valence-corrected chi connectivity index (χ3v) is 5.62. The highest BCUT2D eigenvalue weighted by molar-refractivity contribution is 7.16. The number of aryl methyl sites for hydroxylation is 1. The molecule has 1 aromatic heterocycles. The van der Waals surface area contributed by atoms with Crippen LogP contribution in [0.3, 0.4) is 0 Å². The first-order chi connectivity index (χ1) is 14.4. The number of benzene rings is 2. The molecule has 0 unspecified atom stereocenters. The van der Waals surface area contributed by atoms with Gasteiger partial charge in [0.05, 0.1) is 5.56 Å². The Morgan fingerprint density at radius 2 is 1.60 bits per heavy atom. The van der Waals surface area contributed by atoms with Crippen LogP contribution in [0.1, 0.15) is 27.7 Å². The second kappa shape index (κ2) is 9.37. The first kappa shape index (κ1) is 21.3. The van der Waals surface area contributed by atoms with E-state index < -0.39 is 18.5 Å². The van der Waals surface area contributed by atoms with Crippen LogP contribution in [-0.4, -0.2) is 24.4 Å². The highest BCUT2D eigenvalue weighted by atomic mass is 32.1. The summed E-state index contributed by atoms with van der Waals surface area (Å²) in [6.07, 6.45) is 0. The molecule has 7 heteroatoms. The van der Waals surface area contributed by atoms with Gasteiger partial charge in [0, 0.05) is 23.1 Å². The van der Waals surface area contributed by atoms with Gasteiger partial charge in [-0.05, 0) is 31.0 Å². The number of anilines is 2. The van der Waals surface area contributed by atoms with Crippen LogP contribution in [0.4, 0.5) is 10.7 Å². The van der Waals surface area contributed by atoms with Crippen molar-refractivity contribution in [2.24, 2.45) is 0 Å². The van der Waals surface area contributed by atoms with Crippen molar-refractivity contribution in [2.75, 3.05) is 17.2 Å². The number of nitrogens with one attached hydrogen (secondary N) is 2. The molecule has 1 heterocycles. The van der Waals surface area contributed by atoms with E-state index in [0.29, 0.717) is 10.7 Å². The Morgan fingerprint density at radius 1 is 0.933 bits per heavy atom. The average molecular weight is 423 g/mol. The van der Waals surface area contributed by atoms with Gasteiger partial charge in [0.2, 0.25) is 5.91 Å². The lowest BCUT2D eigenvalue weighted by molar-refractivity contribution is -0.119. The van der Waals surface area contributed by atoms with Gasteiger partial charge in [-0.2, -0.15) is 0 Å². The monoisotopic (exact) mass is 422 g/mol. The van der Waals surface area contributed by atoms with E-state index in [1.165, 1.54) is 18.3 Å². The van der Waals surface area contributed by atoms with Gasteiger partial charge in [-0.25, -0.2) is 4.79 Å². The van der Waals surface area contributed by atoms with E-state index in [9.17, 15) is 14.4 Å². The molecule has 0 aliphatic heterocycles. The van der Waals surface area contributed by atoms with Crippen LogP contribution < -0.4 is 10.6 Å². The molecule has 2 amide bonds. The van der Waals surface area contributed by atoms with E-state index in [2.05, 4.69) is 10.6 Å². The Morgan fingerprint density at radius 3 is 2.30 bits per heavy atom. The molecule has 30 heavy (non-hydrogen) atoms. The van der Waals surface area contributed by atoms with Crippen molar-refractivity contribution in [3.05, 3.63) is 70.6 Å². The van der Waals surface area contributed by atoms with Crippen molar-refractivity contribution in [1.29, 1.82) is 0 Å². The van der Waals surface area contributed by atoms with Gasteiger partial charge in [0.15, 0.2) is 6.61 Å². The van der Waals surface area contributed by atoms with Crippen molar-refractivity contribution in [1.82, 2.24) is 0 Å². The van der Waals surface area contributed by atoms with Gasteiger partial charge in [-0.15, -0.1) is 11.3 Å². The maximum atomic E-state index is 12.6. The highest BCUT2D eigenvalue weighted by Crippen LogP contribution is 2.33. The molecule has 0 saturated heterocycles. The molecule has 0 aliphatic rings. The van der Waals surface area contributed by atoms with Crippen LogP contribution in [0, 0.1) is 13.8 Å². The largest absolute Gasteiger partial charge is 0.452 e. The topological polar surface area (TPSA) is 84.5 Å². The minimum atomic E-state index is -0.646. The SMILES string of the molecule is CC(=O)Nc1sc(C)c(C)c1C(=O)OCC(=O)Nc1ccccc1-c1ccccc1. The standard InChI is InChI=1S/C23H22N2O4S/c1-14-15(2)30-22(24-16(3)26)21(14)23(28)29-13-20(27)25-19-12-8-7-11-18(19)17-9-5-4-6-10-17/h4-12H,13H2,1-3H3,(H,24,26)(H,25,27). The van der Waals surface area contributed by atoms with E-state index in [1.807, 2.05) is 55.5 Å². The molecule has 6 nitrogen and oxygen atoms in total. The maximum Gasteiger partial charge on any atom is 0.341 e. The fourth-order valence-corrected chi connectivity index (χ4v) is 4.07. The fourth-order valence-electron chi connectivity index (χ4n) is 2.97. The summed E-state index contributed by atoms with van der Waals surface area (Å²) >= 11 is 1.30. The van der Waals surface area contributed by atoms with Crippen LogP contribution in [0.15, 0.2) is 54.6 Å². The number of esters is 1. The number of rotatable bonds is 6. The summed E-state index contributed by atoms with van der Waals surface area (Å²) in [7, 11) is 0. The van der Waals surface area contributed by atoms with Gasteiger partial charge in [0.25, 0.3) is 5.91 Å². The number of hydrogen-bond acceptors (Lipinski definition) is 5. The second-order valence-corrected chi connectivity index (χ2v) is 7.93. The molecular weight excluding hydrogens is 400 g/mol. The summed E-state index contributed by atoms with van der Waals surface area (Å²) in [6.45, 7) is 4.58. The van der Waals surface area contributed by atoms with E-state index >= 15 is 0 Å². The fraction of sp³-hybridized carbons (Fsp3) is 0.174.